The number of aliphatic hydroxyl groups excluding tert-OH is 2. The molecule has 0 spiro atoms. The zero-order chi connectivity index (χ0) is 27.2. The van der Waals surface area contributed by atoms with Crippen LogP contribution in [-0.4, -0.2) is 35.8 Å². The van der Waals surface area contributed by atoms with Crippen molar-refractivity contribution >= 4 is 17.5 Å². The maximum absolute atomic E-state index is 16.3. The van der Waals surface area contributed by atoms with E-state index < -0.39 is 35.4 Å². The van der Waals surface area contributed by atoms with Gasteiger partial charge < -0.3 is 26.0 Å². The molecule has 1 heterocycles. The molecule has 200 valence electrons. The van der Waals surface area contributed by atoms with Crippen molar-refractivity contribution in [3.05, 3.63) is 86.9 Å². The number of unbranched alkanes of at least 4 members (excludes halogenated alkanes) is 1. The molecule has 3 atom stereocenters. The van der Waals surface area contributed by atoms with Crippen LogP contribution in [-0.2, 0) is 18.4 Å². The molecule has 0 saturated carbocycles. The summed E-state index contributed by atoms with van der Waals surface area (Å²) in [6.45, 7) is 0.507. The predicted octanol–water partition coefficient (Wildman–Crippen LogP) is 4.55. The van der Waals surface area contributed by atoms with Gasteiger partial charge >= 0.3 is 0 Å². The first-order valence-corrected chi connectivity index (χ1v) is 13.0. The number of amides is 1. The summed E-state index contributed by atoms with van der Waals surface area (Å²) in [5.41, 5.74) is 6.09. The van der Waals surface area contributed by atoms with Crippen molar-refractivity contribution in [2.45, 2.75) is 49.9 Å². The van der Waals surface area contributed by atoms with Crippen LogP contribution in [0.4, 0.5) is 8.78 Å². The first-order valence-electron chi connectivity index (χ1n) is 12.6. The molecule has 0 fully saturated rings. The highest BCUT2D eigenvalue weighted by Crippen LogP contribution is 2.52. The molecule has 1 aliphatic carbocycles. The van der Waals surface area contributed by atoms with E-state index in [4.69, 9.17) is 22.1 Å². The lowest BCUT2D eigenvalue weighted by atomic mass is 9.82. The van der Waals surface area contributed by atoms with Crippen molar-refractivity contribution < 1.29 is 28.5 Å². The third kappa shape index (κ3) is 4.25. The maximum Gasteiger partial charge on any atom is 0.251 e. The Bertz CT molecular complexity index is 1400. The van der Waals surface area contributed by atoms with Crippen LogP contribution in [0.3, 0.4) is 0 Å². The van der Waals surface area contributed by atoms with Gasteiger partial charge in [-0.25, -0.2) is 8.78 Å². The molecule has 2 aliphatic rings. The fourth-order valence-electron chi connectivity index (χ4n) is 5.74. The van der Waals surface area contributed by atoms with E-state index in [-0.39, 0.29) is 45.9 Å². The van der Waals surface area contributed by atoms with E-state index >= 15 is 8.78 Å². The quantitative estimate of drug-likeness (QED) is 0.328. The molecule has 5 rings (SSSR count). The van der Waals surface area contributed by atoms with Crippen LogP contribution in [0.2, 0.25) is 5.02 Å². The summed E-state index contributed by atoms with van der Waals surface area (Å²) in [5, 5.41) is 22.9. The van der Waals surface area contributed by atoms with Crippen LogP contribution in [0.15, 0.2) is 42.5 Å². The Balaban J connectivity index is 1.75. The minimum absolute atomic E-state index is 0.00536. The normalized spacial score (nSPS) is 21.7. The van der Waals surface area contributed by atoms with E-state index in [1.54, 1.807) is 0 Å². The third-order valence-corrected chi connectivity index (χ3v) is 7.96. The van der Waals surface area contributed by atoms with Gasteiger partial charge in [0.25, 0.3) is 5.91 Å². The number of aliphatic hydroxyl groups is 2. The molecule has 0 saturated heterocycles. The van der Waals surface area contributed by atoms with Gasteiger partial charge in [0.2, 0.25) is 0 Å². The highest BCUT2D eigenvalue weighted by atomic mass is 35.5. The summed E-state index contributed by atoms with van der Waals surface area (Å²) < 4.78 is 38.1. The first kappa shape index (κ1) is 26.6. The zero-order valence-corrected chi connectivity index (χ0v) is 21.6. The highest BCUT2D eigenvalue weighted by Gasteiger charge is 2.44. The van der Waals surface area contributed by atoms with Gasteiger partial charge in [-0.2, -0.15) is 0 Å². The van der Waals surface area contributed by atoms with Gasteiger partial charge in [-0.05, 0) is 43.0 Å². The number of ether oxygens (including phenoxy) is 1. The predicted molar refractivity (Wildman–Crippen MR) is 140 cm³/mol. The molecular weight excluding hydrogens is 514 g/mol. The summed E-state index contributed by atoms with van der Waals surface area (Å²) in [6, 6.07) is 12.1. The van der Waals surface area contributed by atoms with Crippen molar-refractivity contribution in [3.8, 4) is 16.9 Å². The molecule has 0 radical (unpaired) electrons. The van der Waals surface area contributed by atoms with Gasteiger partial charge in [-0.1, -0.05) is 41.9 Å². The monoisotopic (exact) mass is 542 g/mol. The Morgan fingerprint density at radius 3 is 2.61 bits per heavy atom. The molecule has 3 aromatic rings. The van der Waals surface area contributed by atoms with Gasteiger partial charge in [0.05, 0.1) is 16.7 Å². The summed E-state index contributed by atoms with van der Waals surface area (Å²) in [5.74, 6) is -2.14. The number of nitrogens with two attached hydrogens (primary N) is 1. The number of hydrogen-bond acceptors (Lipinski definition) is 5. The second-order valence-corrected chi connectivity index (χ2v) is 10.3. The maximum atomic E-state index is 16.3. The number of nitrogens with one attached hydrogen (secondary N) is 1. The Kier molecular flexibility index (Phi) is 7.17. The number of benzene rings is 3. The number of carbonyl (C=O) groups excluding carboxylic acids is 1. The lowest BCUT2D eigenvalue weighted by Gasteiger charge is -2.29. The molecule has 3 aromatic carbocycles. The standard InChI is InChI=1S/C29H29ClF2N2O4/c1-34-28(37)17-11-15-12-20(35)27(36)22(15)26(32)24(17)23-18-14-29(9-5-6-10-33,16-7-3-2-4-8-16)38-21(18)13-19(31)25(23)30/h2-4,7-8,11,13,20,27,35-36H,5-6,9-10,12,14,33H2,1H3,(H,34,37). The van der Waals surface area contributed by atoms with E-state index in [1.165, 1.54) is 19.2 Å². The van der Waals surface area contributed by atoms with Crippen molar-refractivity contribution in [1.29, 1.82) is 0 Å². The second-order valence-electron chi connectivity index (χ2n) is 9.89. The molecule has 1 aliphatic heterocycles. The number of hydrogen-bond donors (Lipinski definition) is 4. The molecule has 0 aromatic heterocycles. The van der Waals surface area contributed by atoms with Crippen molar-refractivity contribution in [3.63, 3.8) is 0 Å². The van der Waals surface area contributed by atoms with E-state index in [2.05, 4.69) is 5.32 Å². The fourth-order valence-corrected chi connectivity index (χ4v) is 6.00. The molecule has 3 unspecified atom stereocenters. The number of rotatable bonds is 7. The summed E-state index contributed by atoms with van der Waals surface area (Å²) in [7, 11) is 1.40. The number of halogens is 3. The van der Waals surface area contributed by atoms with Crippen molar-refractivity contribution in [1.82, 2.24) is 5.32 Å². The van der Waals surface area contributed by atoms with E-state index in [9.17, 15) is 15.0 Å². The van der Waals surface area contributed by atoms with Gasteiger partial charge in [0.1, 0.15) is 29.1 Å². The van der Waals surface area contributed by atoms with Crippen LogP contribution in [0.5, 0.6) is 5.75 Å². The molecule has 6 nitrogen and oxygen atoms in total. The largest absolute Gasteiger partial charge is 0.482 e. The van der Waals surface area contributed by atoms with Crippen LogP contribution in [0, 0.1) is 11.6 Å². The Hall–Kier alpha value is -3.04. The minimum Gasteiger partial charge on any atom is -0.482 e. The lowest BCUT2D eigenvalue weighted by Crippen LogP contribution is -2.31. The topological polar surface area (TPSA) is 105 Å². The van der Waals surface area contributed by atoms with Gasteiger partial charge in [-0.3, -0.25) is 4.79 Å². The zero-order valence-electron chi connectivity index (χ0n) is 20.9. The van der Waals surface area contributed by atoms with E-state index in [0.717, 1.165) is 18.4 Å². The smallest absolute Gasteiger partial charge is 0.251 e. The third-order valence-electron chi connectivity index (χ3n) is 7.59. The molecule has 0 bridgehead atoms. The summed E-state index contributed by atoms with van der Waals surface area (Å²) in [4.78, 5) is 13.0. The number of fused-ring (bicyclic) bond motifs is 2. The minimum atomic E-state index is -1.49. The molecule has 9 heteroatoms. The summed E-state index contributed by atoms with van der Waals surface area (Å²) >= 11 is 6.53. The Morgan fingerprint density at radius 2 is 1.92 bits per heavy atom. The Labute approximate surface area is 224 Å². The van der Waals surface area contributed by atoms with Gasteiger partial charge in [-0.15, -0.1) is 0 Å². The van der Waals surface area contributed by atoms with Crippen LogP contribution < -0.4 is 15.8 Å². The fraction of sp³-hybridized carbons (Fsp3) is 0.345. The van der Waals surface area contributed by atoms with E-state index in [1.807, 2.05) is 30.3 Å². The van der Waals surface area contributed by atoms with Gasteiger partial charge in [0, 0.05) is 48.2 Å². The first-order chi connectivity index (χ1) is 18.2. The average molecular weight is 543 g/mol. The lowest BCUT2D eigenvalue weighted by molar-refractivity contribution is 0.0309. The van der Waals surface area contributed by atoms with Crippen LogP contribution >= 0.6 is 11.6 Å². The highest BCUT2D eigenvalue weighted by molar-refractivity contribution is 6.34. The number of carbonyl (C=O) groups is 1. The average Bonchev–Trinajstić information content (AvgIpc) is 3.42. The SMILES string of the molecule is CNC(=O)c1cc2c(c(F)c1-c1c(Cl)c(F)cc3c1CC(CCCCN)(c1ccccc1)O3)C(O)C(O)C2. The molecule has 38 heavy (non-hydrogen) atoms. The van der Waals surface area contributed by atoms with Crippen LogP contribution in [0.25, 0.3) is 11.1 Å². The van der Waals surface area contributed by atoms with Crippen molar-refractivity contribution in [2.75, 3.05) is 13.6 Å². The molecular formula is C29H29ClF2N2O4. The van der Waals surface area contributed by atoms with E-state index in [0.29, 0.717) is 24.1 Å². The van der Waals surface area contributed by atoms with Gasteiger partial charge in [0.15, 0.2) is 0 Å². The van der Waals surface area contributed by atoms with Crippen molar-refractivity contribution in [2.24, 2.45) is 5.73 Å². The van der Waals surface area contributed by atoms with Crippen LogP contribution in [0.1, 0.15) is 58.0 Å². The molecule has 5 N–H and O–H groups in total. The summed E-state index contributed by atoms with van der Waals surface area (Å²) in [6.07, 6.45) is -0.407. The Morgan fingerprint density at radius 1 is 1.18 bits per heavy atom. The second kappa shape index (κ2) is 10.3. The molecule has 1 amide bonds.